The molecule has 0 radical (unpaired) electrons. The quantitative estimate of drug-likeness (QED) is 0.0208. The molecular formula is C37H54N10O14P3+. The van der Waals surface area contributed by atoms with Crippen molar-refractivity contribution in [3.05, 3.63) is 48.8 Å². The number of amides is 1. The smallest absolute Gasteiger partial charge is 0.387 e. The molecule has 350 valence electrons. The molecule has 1 aliphatic rings. The molecule has 3 aromatic heterocycles. The molecule has 10 N–H and O–H groups in total. The molecular weight excluding hydrogens is 901 g/mol. The van der Waals surface area contributed by atoms with Gasteiger partial charge in [-0.05, 0) is 43.2 Å². The van der Waals surface area contributed by atoms with Crippen LogP contribution in [0.25, 0.3) is 33.0 Å². The fraction of sp³-hybridized carbons (Fsp3) is 0.486. The van der Waals surface area contributed by atoms with E-state index in [1.807, 2.05) is 28.2 Å². The number of aryl methyl sites for hydroxylation is 1. The van der Waals surface area contributed by atoms with Crippen molar-refractivity contribution in [2.75, 3.05) is 68.7 Å². The van der Waals surface area contributed by atoms with E-state index in [0.717, 1.165) is 58.8 Å². The second kappa shape index (κ2) is 20.4. The molecule has 5 aromatic rings. The number of pyridine rings is 1. The van der Waals surface area contributed by atoms with Gasteiger partial charge in [-0.3, -0.25) is 13.9 Å². The van der Waals surface area contributed by atoms with Crippen molar-refractivity contribution in [2.24, 2.45) is 0 Å². The summed E-state index contributed by atoms with van der Waals surface area (Å²) in [6.07, 6.45) is -1.26. The zero-order valence-electron chi connectivity index (χ0n) is 35.5. The normalized spacial score (nSPS) is 19.8. The van der Waals surface area contributed by atoms with Crippen molar-refractivity contribution in [3.8, 4) is 0 Å². The number of carbonyl (C=O) groups is 1. The van der Waals surface area contributed by atoms with E-state index >= 15 is 0 Å². The fourth-order valence-corrected chi connectivity index (χ4v) is 10.3. The number of phosphoric ester groups is 1. The van der Waals surface area contributed by atoms with E-state index in [0.29, 0.717) is 38.9 Å². The van der Waals surface area contributed by atoms with Gasteiger partial charge in [-0.1, -0.05) is 12.8 Å². The third-order valence-electron chi connectivity index (χ3n) is 10.4. The molecule has 4 heterocycles. The second-order valence-electron chi connectivity index (χ2n) is 15.5. The van der Waals surface area contributed by atoms with Gasteiger partial charge < -0.3 is 60.7 Å². The van der Waals surface area contributed by atoms with Gasteiger partial charge in [0.2, 0.25) is 22.9 Å². The highest BCUT2D eigenvalue weighted by molar-refractivity contribution is 7.66. The van der Waals surface area contributed by atoms with Crippen LogP contribution in [-0.4, -0.2) is 121 Å². The van der Waals surface area contributed by atoms with Crippen LogP contribution in [-0.2, 0) is 42.9 Å². The molecule has 24 nitrogen and oxygen atoms in total. The number of nitrogen functional groups attached to an aromatic ring is 1. The maximum Gasteiger partial charge on any atom is 0.490 e. The lowest BCUT2D eigenvalue weighted by atomic mass is 10.1. The Hall–Kier alpha value is -4.38. The Labute approximate surface area is 367 Å². The van der Waals surface area contributed by atoms with E-state index < -0.39 is 54.6 Å². The summed E-state index contributed by atoms with van der Waals surface area (Å²) in [5.41, 5.74) is 10.7. The Balaban J connectivity index is 0.981. The van der Waals surface area contributed by atoms with Crippen LogP contribution in [0.5, 0.6) is 0 Å². The number of carbonyl (C=O) groups excluding carboxylic acids is 1. The lowest BCUT2D eigenvalue weighted by Gasteiger charge is -2.20. The van der Waals surface area contributed by atoms with Gasteiger partial charge in [0.05, 0.1) is 6.61 Å². The number of nitrogens with one attached hydrogen (secondary N) is 2. The van der Waals surface area contributed by atoms with Crippen LogP contribution in [0.1, 0.15) is 44.8 Å². The molecule has 6 rings (SSSR count). The average Bonchev–Trinajstić information content (AvgIpc) is 3.71. The Morgan fingerprint density at radius 2 is 1.47 bits per heavy atom. The Morgan fingerprint density at radius 1 is 0.844 bits per heavy atom. The first kappa shape index (κ1) is 49.1. The first-order valence-electron chi connectivity index (χ1n) is 20.2. The Bertz CT molecular complexity index is 2550. The number of benzene rings is 2. The molecule has 0 saturated carbocycles. The third-order valence-corrected chi connectivity index (χ3v) is 14.2. The molecule has 2 unspecified atom stereocenters. The minimum atomic E-state index is -5.79. The number of phosphoric acid groups is 3. The van der Waals surface area contributed by atoms with Crippen LogP contribution in [0.15, 0.2) is 48.8 Å². The average molecular weight is 956 g/mol. The maximum atomic E-state index is 12.9. The number of imidazole rings is 1. The van der Waals surface area contributed by atoms with Crippen molar-refractivity contribution < 1.29 is 70.7 Å². The molecule has 1 amide bonds. The van der Waals surface area contributed by atoms with Gasteiger partial charge >= 0.3 is 23.5 Å². The highest BCUT2D eigenvalue weighted by Gasteiger charge is 2.47. The number of anilines is 4. The summed E-state index contributed by atoms with van der Waals surface area (Å²) in [6.45, 7) is 0.557. The minimum absolute atomic E-state index is 0.00379. The van der Waals surface area contributed by atoms with E-state index in [1.54, 1.807) is 0 Å². The molecule has 0 bridgehead atoms. The van der Waals surface area contributed by atoms with Gasteiger partial charge in [0, 0.05) is 88.4 Å². The molecule has 6 atom stereocenters. The zero-order chi connectivity index (χ0) is 46.6. The predicted octanol–water partition coefficient (Wildman–Crippen LogP) is 2.67. The number of rotatable bonds is 22. The van der Waals surface area contributed by atoms with Crippen LogP contribution in [0.3, 0.4) is 0 Å². The number of ether oxygens (including phenoxy) is 1. The number of aliphatic hydroxyl groups excluding tert-OH is 2. The van der Waals surface area contributed by atoms with E-state index in [1.165, 1.54) is 4.57 Å². The second-order valence-corrected chi connectivity index (χ2v) is 20.0. The Morgan fingerprint density at radius 3 is 2.08 bits per heavy atom. The molecule has 64 heavy (non-hydrogen) atoms. The van der Waals surface area contributed by atoms with Gasteiger partial charge in [0.1, 0.15) is 31.2 Å². The Kier molecular flexibility index (Phi) is 15.7. The van der Waals surface area contributed by atoms with Crippen molar-refractivity contribution in [1.29, 1.82) is 0 Å². The molecule has 1 saturated heterocycles. The van der Waals surface area contributed by atoms with E-state index in [2.05, 4.69) is 95.6 Å². The standard InChI is InChI=1S/C37H53N10O14P3/c1-44(2)25-13-11-23-18-24-12-14-26(45(3)4)20-28(24)46(27(23)19-25)17-9-10-30(48)39-15-7-5-6-8-16-40-37-43-31-34(38)41-22-42-35(31)47(37)36-33(50)32(49)29(59-36)21-58-63(54,55)61-64(56,57)60-62(51,52)53/h11-14,18-20,22,29,32-33,36,49-50H,5-10,15-17,21H2,1-4H3,(H7-,38,39,40,41,42,43,48,51,52,53,54,55,56,57)/p+1/t29-,32-,33-,36-/m1/s1. The number of aromatic nitrogens is 5. The first-order valence-corrected chi connectivity index (χ1v) is 24.7. The largest absolute Gasteiger partial charge is 0.490 e. The molecule has 0 spiro atoms. The predicted molar refractivity (Wildman–Crippen MR) is 235 cm³/mol. The van der Waals surface area contributed by atoms with Gasteiger partial charge in [-0.2, -0.15) is 13.2 Å². The summed E-state index contributed by atoms with van der Waals surface area (Å²) in [7, 11) is -8.90. The molecule has 0 aliphatic carbocycles. The van der Waals surface area contributed by atoms with Gasteiger partial charge in [-0.15, -0.1) is 0 Å². The number of hydrogen-bond acceptors (Lipinski definition) is 17. The van der Waals surface area contributed by atoms with Gasteiger partial charge in [-0.25, -0.2) is 28.6 Å². The van der Waals surface area contributed by atoms with E-state index in [4.69, 9.17) is 20.3 Å². The lowest BCUT2D eigenvalue weighted by Crippen LogP contribution is -2.37. The van der Waals surface area contributed by atoms with Gasteiger partial charge in [0.15, 0.2) is 23.2 Å². The molecule has 2 aromatic carbocycles. The van der Waals surface area contributed by atoms with Gasteiger partial charge in [0.25, 0.3) is 0 Å². The van der Waals surface area contributed by atoms with Crippen molar-refractivity contribution in [2.45, 2.75) is 69.6 Å². The molecule has 27 heteroatoms. The number of unbranched alkanes of at least 4 members (excludes halogenated alkanes) is 3. The van der Waals surface area contributed by atoms with E-state index in [9.17, 15) is 38.5 Å². The monoisotopic (exact) mass is 955 g/mol. The highest BCUT2D eigenvalue weighted by atomic mass is 31.3. The number of aliphatic hydroxyl groups is 2. The molecule has 1 aliphatic heterocycles. The van der Waals surface area contributed by atoms with Crippen molar-refractivity contribution in [1.82, 2.24) is 24.8 Å². The topological polar surface area (TPSA) is 331 Å². The van der Waals surface area contributed by atoms with Crippen LogP contribution >= 0.6 is 23.5 Å². The van der Waals surface area contributed by atoms with Crippen LogP contribution in [0.4, 0.5) is 23.1 Å². The van der Waals surface area contributed by atoms with Crippen molar-refractivity contribution in [3.63, 3.8) is 0 Å². The maximum absolute atomic E-state index is 12.9. The number of fused-ring (bicyclic) bond motifs is 3. The summed E-state index contributed by atoms with van der Waals surface area (Å²) in [5.74, 6) is 0.114. The summed E-state index contributed by atoms with van der Waals surface area (Å²) in [5, 5.41) is 30.2. The summed E-state index contributed by atoms with van der Waals surface area (Å²) >= 11 is 0. The lowest BCUT2D eigenvalue weighted by molar-refractivity contribution is -0.645. The van der Waals surface area contributed by atoms with E-state index in [-0.39, 0.29) is 28.8 Å². The SMILES string of the molecule is CN(C)c1ccc2cc3ccc(N(C)C)cc3[n+](CCCC(=O)NCCCCCCNc3nc4c(N)ncnc4n3[C@@H]3O[C@H](COP(=O)(O)OP(=O)(O)OP(=O)(O)O)[C@@H](O)[C@H]3O)c2c1. The molecule has 1 fully saturated rings. The highest BCUT2D eigenvalue weighted by Crippen LogP contribution is 2.66. The fourth-order valence-electron chi connectivity index (χ4n) is 7.23. The number of hydrogen-bond donors (Lipinski definition) is 9. The first-order chi connectivity index (χ1) is 30.1. The number of nitrogens with zero attached hydrogens (tertiary/aromatic N) is 7. The van der Waals surface area contributed by atoms with Crippen molar-refractivity contribution >= 4 is 85.5 Å². The zero-order valence-corrected chi connectivity index (χ0v) is 38.2. The number of nitrogens with two attached hydrogens (primary N) is 1. The summed E-state index contributed by atoms with van der Waals surface area (Å²) < 4.78 is 56.3. The van der Waals surface area contributed by atoms with Crippen LogP contribution in [0.2, 0.25) is 0 Å². The van der Waals surface area contributed by atoms with Crippen LogP contribution in [0, 0.1) is 0 Å². The summed E-state index contributed by atoms with van der Waals surface area (Å²) in [4.78, 5) is 66.4. The minimum Gasteiger partial charge on any atom is -0.387 e. The third kappa shape index (κ3) is 12.3. The van der Waals surface area contributed by atoms with Crippen LogP contribution < -0.4 is 30.7 Å². The summed E-state index contributed by atoms with van der Waals surface area (Å²) in [6, 6.07) is 15.0.